The molecule has 1 unspecified atom stereocenters. The molecule has 0 fully saturated rings. The summed E-state index contributed by atoms with van der Waals surface area (Å²) in [6.07, 6.45) is 6.32. The third kappa shape index (κ3) is 2.71. The van der Waals surface area contributed by atoms with Crippen LogP contribution in [0.3, 0.4) is 0 Å². The molecule has 2 aromatic heterocycles. The van der Waals surface area contributed by atoms with Gasteiger partial charge in [0.2, 0.25) is 0 Å². The zero-order chi connectivity index (χ0) is 12.3. The van der Waals surface area contributed by atoms with Crippen molar-refractivity contribution in [3.8, 4) is 0 Å². The minimum absolute atomic E-state index is 0.233. The Labute approximate surface area is 101 Å². The van der Waals surface area contributed by atoms with Gasteiger partial charge in [0.25, 0.3) is 0 Å². The summed E-state index contributed by atoms with van der Waals surface area (Å²) in [5.41, 5.74) is 1.18. The second-order valence-corrected chi connectivity index (χ2v) is 4.06. The highest BCUT2D eigenvalue weighted by Gasteiger charge is 2.15. The summed E-state index contributed by atoms with van der Waals surface area (Å²) in [6.45, 7) is 3.01. The third-order valence-corrected chi connectivity index (χ3v) is 2.77. The van der Waals surface area contributed by atoms with Crippen molar-refractivity contribution in [2.24, 2.45) is 14.1 Å². The molecule has 92 valence electrons. The zero-order valence-electron chi connectivity index (χ0n) is 10.5. The average Bonchev–Trinajstić information content (AvgIpc) is 2.88. The molecule has 0 aliphatic rings. The third-order valence-electron chi connectivity index (χ3n) is 2.77. The van der Waals surface area contributed by atoms with Crippen LogP contribution in [0.2, 0.25) is 0 Å². The van der Waals surface area contributed by atoms with Crippen LogP contribution in [0, 0.1) is 0 Å². The Morgan fingerprint density at radius 3 is 2.71 bits per heavy atom. The fourth-order valence-electron chi connectivity index (χ4n) is 1.86. The molecular weight excluding hydrogens is 216 g/mol. The lowest BCUT2D eigenvalue weighted by Gasteiger charge is -2.15. The molecule has 0 bridgehead atoms. The van der Waals surface area contributed by atoms with Crippen molar-refractivity contribution >= 4 is 0 Å². The van der Waals surface area contributed by atoms with Crippen molar-refractivity contribution in [3.05, 3.63) is 30.1 Å². The first-order valence-corrected chi connectivity index (χ1v) is 5.75. The van der Waals surface area contributed by atoms with Crippen molar-refractivity contribution in [1.82, 2.24) is 29.9 Å². The van der Waals surface area contributed by atoms with Crippen LogP contribution < -0.4 is 5.32 Å². The largest absolute Gasteiger partial charge is 0.310 e. The van der Waals surface area contributed by atoms with Gasteiger partial charge in [-0.05, 0) is 6.54 Å². The van der Waals surface area contributed by atoms with E-state index in [9.17, 15) is 0 Å². The van der Waals surface area contributed by atoms with Gasteiger partial charge in [-0.2, -0.15) is 10.2 Å². The van der Waals surface area contributed by atoms with Crippen LogP contribution in [0.4, 0.5) is 0 Å². The molecule has 0 spiro atoms. The summed E-state index contributed by atoms with van der Waals surface area (Å²) in [4.78, 5) is 4.25. The molecule has 2 heterocycles. The Kier molecular flexibility index (Phi) is 3.53. The van der Waals surface area contributed by atoms with Crippen LogP contribution in [0.15, 0.2) is 18.7 Å². The maximum atomic E-state index is 4.25. The van der Waals surface area contributed by atoms with Crippen molar-refractivity contribution in [3.63, 3.8) is 0 Å². The molecule has 2 aromatic rings. The predicted molar refractivity (Wildman–Crippen MR) is 64.3 cm³/mol. The number of nitrogens with zero attached hydrogens (tertiary/aromatic N) is 5. The smallest absolute Gasteiger partial charge is 0.138 e. The van der Waals surface area contributed by atoms with Gasteiger partial charge in [-0.3, -0.25) is 9.36 Å². The fraction of sp³-hybridized carbons (Fsp3) is 0.545. The Morgan fingerprint density at radius 1 is 1.35 bits per heavy atom. The highest BCUT2D eigenvalue weighted by Crippen LogP contribution is 2.16. The van der Waals surface area contributed by atoms with Crippen molar-refractivity contribution in [1.29, 1.82) is 0 Å². The summed E-state index contributed by atoms with van der Waals surface area (Å²) in [7, 11) is 3.84. The van der Waals surface area contributed by atoms with Gasteiger partial charge in [0.1, 0.15) is 12.2 Å². The van der Waals surface area contributed by atoms with E-state index in [0.717, 1.165) is 18.8 Å². The molecule has 0 aliphatic carbocycles. The number of aromatic nitrogens is 5. The van der Waals surface area contributed by atoms with Gasteiger partial charge in [-0.25, -0.2) is 4.98 Å². The van der Waals surface area contributed by atoms with E-state index < -0.39 is 0 Å². The Balaban J connectivity index is 2.15. The molecule has 0 aromatic carbocycles. The minimum Gasteiger partial charge on any atom is -0.310 e. The molecule has 0 radical (unpaired) electrons. The highest BCUT2D eigenvalue weighted by molar-refractivity contribution is 5.12. The number of rotatable bonds is 5. The van der Waals surface area contributed by atoms with Crippen molar-refractivity contribution in [2.75, 3.05) is 6.54 Å². The molecule has 0 aliphatic heterocycles. The second kappa shape index (κ2) is 5.09. The fourth-order valence-corrected chi connectivity index (χ4v) is 1.86. The van der Waals surface area contributed by atoms with Gasteiger partial charge in [-0.1, -0.05) is 6.92 Å². The number of hydrogen-bond acceptors (Lipinski definition) is 4. The standard InChI is InChI=1S/C11H18N6/c1-4-12-10(9-6-14-16(2)7-9)5-11-13-8-15-17(11)3/h6-8,10,12H,4-5H2,1-3H3. The van der Waals surface area contributed by atoms with Crippen LogP contribution >= 0.6 is 0 Å². The number of nitrogens with one attached hydrogen (secondary N) is 1. The van der Waals surface area contributed by atoms with Crippen LogP contribution in [-0.4, -0.2) is 31.1 Å². The predicted octanol–water partition coefficient (Wildman–Crippen LogP) is 0.442. The lowest BCUT2D eigenvalue weighted by molar-refractivity contribution is 0.522. The number of aryl methyl sites for hydroxylation is 2. The molecule has 1 N–H and O–H groups in total. The van der Waals surface area contributed by atoms with Crippen LogP contribution in [0.1, 0.15) is 24.4 Å². The van der Waals surface area contributed by atoms with E-state index in [1.807, 2.05) is 31.2 Å². The summed E-state index contributed by atoms with van der Waals surface area (Å²) in [5, 5.41) is 11.7. The maximum Gasteiger partial charge on any atom is 0.138 e. The Morgan fingerprint density at radius 2 is 2.18 bits per heavy atom. The molecule has 0 saturated carbocycles. The molecule has 6 heteroatoms. The van der Waals surface area contributed by atoms with Gasteiger partial charge in [-0.15, -0.1) is 0 Å². The monoisotopic (exact) mass is 234 g/mol. The van der Waals surface area contributed by atoms with Gasteiger partial charge >= 0.3 is 0 Å². The lowest BCUT2D eigenvalue weighted by Crippen LogP contribution is -2.24. The van der Waals surface area contributed by atoms with Gasteiger partial charge < -0.3 is 5.32 Å². The van der Waals surface area contributed by atoms with E-state index in [1.54, 1.807) is 11.0 Å². The minimum atomic E-state index is 0.233. The highest BCUT2D eigenvalue weighted by atomic mass is 15.3. The first kappa shape index (κ1) is 11.8. The average molecular weight is 234 g/mol. The van der Waals surface area contributed by atoms with Gasteiger partial charge in [0.05, 0.1) is 6.20 Å². The Bertz CT molecular complexity index is 472. The van der Waals surface area contributed by atoms with Gasteiger partial charge in [0, 0.05) is 38.3 Å². The molecule has 0 saturated heterocycles. The molecular formula is C11H18N6. The number of likely N-dealkylation sites (N-methyl/N-ethyl adjacent to an activating group) is 1. The SMILES string of the molecule is CCNC(Cc1ncnn1C)c1cnn(C)c1. The van der Waals surface area contributed by atoms with E-state index in [0.29, 0.717) is 0 Å². The quantitative estimate of drug-likeness (QED) is 0.815. The van der Waals surface area contributed by atoms with E-state index in [2.05, 4.69) is 27.4 Å². The van der Waals surface area contributed by atoms with E-state index in [1.165, 1.54) is 5.56 Å². The van der Waals surface area contributed by atoms with Crippen LogP contribution in [0.5, 0.6) is 0 Å². The molecule has 6 nitrogen and oxygen atoms in total. The molecule has 1 atom stereocenters. The molecule has 0 amide bonds. The summed E-state index contributed by atoms with van der Waals surface area (Å²) in [6, 6.07) is 0.233. The topological polar surface area (TPSA) is 60.6 Å². The van der Waals surface area contributed by atoms with Crippen LogP contribution in [-0.2, 0) is 20.5 Å². The Hall–Kier alpha value is -1.69. The summed E-state index contributed by atoms with van der Waals surface area (Å²) in [5.74, 6) is 0.972. The molecule has 17 heavy (non-hydrogen) atoms. The first-order valence-electron chi connectivity index (χ1n) is 5.75. The zero-order valence-corrected chi connectivity index (χ0v) is 10.5. The lowest BCUT2D eigenvalue weighted by atomic mass is 10.1. The normalized spacial score (nSPS) is 12.9. The van der Waals surface area contributed by atoms with Crippen molar-refractivity contribution in [2.45, 2.75) is 19.4 Å². The van der Waals surface area contributed by atoms with Crippen molar-refractivity contribution < 1.29 is 0 Å². The van der Waals surface area contributed by atoms with Crippen LogP contribution in [0.25, 0.3) is 0 Å². The van der Waals surface area contributed by atoms with Gasteiger partial charge in [0.15, 0.2) is 0 Å². The summed E-state index contributed by atoms with van der Waals surface area (Å²) < 4.78 is 3.62. The van der Waals surface area contributed by atoms with E-state index in [4.69, 9.17) is 0 Å². The second-order valence-electron chi connectivity index (χ2n) is 4.06. The maximum absolute atomic E-state index is 4.25. The first-order chi connectivity index (χ1) is 8.20. The van der Waals surface area contributed by atoms with E-state index >= 15 is 0 Å². The summed E-state index contributed by atoms with van der Waals surface area (Å²) >= 11 is 0. The van der Waals surface area contributed by atoms with E-state index in [-0.39, 0.29) is 6.04 Å². The molecule has 2 rings (SSSR count). The number of hydrogen-bond donors (Lipinski definition) is 1.